The third-order valence-corrected chi connectivity index (χ3v) is 9.10. The van der Waals surface area contributed by atoms with Crippen molar-refractivity contribution in [3.63, 3.8) is 0 Å². The first kappa shape index (κ1) is 28.0. The van der Waals surface area contributed by atoms with Gasteiger partial charge in [-0.05, 0) is 46.5 Å². The average molecular weight is 581 g/mol. The molecule has 0 aliphatic heterocycles. The molecule has 0 spiro atoms. The number of hydrogen-bond donors (Lipinski definition) is 2. The molecule has 0 amide bonds. The quantitative estimate of drug-likeness (QED) is 0.167. The van der Waals surface area contributed by atoms with Crippen LogP contribution >= 0.6 is 25.3 Å². The first-order valence-corrected chi connectivity index (χ1v) is 15.0. The second kappa shape index (κ2) is 12.4. The molecule has 0 aliphatic rings. The molecule has 2 nitrogen and oxygen atoms in total. The minimum absolute atomic E-state index is 0.527. The summed E-state index contributed by atoms with van der Waals surface area (Å²) < 4.78 is -1.05. The fourth-order valence-electron chi connectivity index (χ4n) is 5.56. The van der Waals surface area contributed by atoms with Gasteiger partial charge in [-0.25, -0.2) is 0 Å². The van der Waals surface area contributed by atoms with Gasteiger partial charge < -0.3 is 0 Å². The minimum atomic E-state index is -0.527. The van der Waals surface area contributed by atoms with Crippen LogP contribution in [0.4, 0.5) is 0 Å². The molecule has 6 aromatic rings. The predicted molar refractivity (Wildman–Crippen MR) is 180 cm³/mol. The van der Waals surface area contributed by atoms with E-state index in [-0.39, 0.29) is 0 Å². The topological polar surface area (TPSA) is 25.8 Å². The van der Waals surface area contributed by atoms with E-state index < -0.39 is 9.49 Å². The molecule has 0 saturated carbocycles. The molecule has 0 unspecified atom stereocenters. The van der Waals surface area contributed by atoms with Gasteiger partial charge in [0.2, 0.25) is 0 Å². The van der Waals surface area contributed by atoms with Crippen molar-refractivity contribution >= 4 is 25.3 Å². The molecule has 6 rings (SSSR count). The van der Waals surface area contributed by atoms with Crippen LogP contribution < -0.4 is 0 Å². The van der Waals surface area contributed by atoms with Gasteiger partial charge in [0.1, 0.15) is 0 Å². The third-order valence-electron chi connectivity index (χ3n) is 7.76. The number of rotatable bonds is 9. The summed E-state index contributed by atoms with van der Waals surface area (Å²) in [6, 6.07) is 54.1. The van der Waals surface area contributed by atoms with Crippen LogP contribution in [0.15, 0.2) is 158 Å². The maximum absolute atomic E-state index is 5.30. The Balaban J connectivity index is 1.33. The van der Waals surface area contributed by atoms with Crippen molar-refractivity contribution in [2.75, 3.05) is 0 Å². The van der Waals surface area contributed by atoms with E-state index in [0.29, 0.717) is 12.8 Å². The van der Waals surface area contributed by atoms with Gasteiger partial charge in [0.25, 0.3) is 0 Å². The number of benzene rings is 4. The molecule has 2 heterocycles. The Kier molecular flexibility index (Phi) is 8.27. The van der Waals surface area contributed by atoms with Gasteiger partial charge in [-0.2, -0.15) is 25.3 Å². The Hall–Kier alpha value is -4.12. The SMILES string of the molecule is SC(Cc1cccc(-c2cccc(CC(S)(c3ccccc3)c3ccccc3)n2)n1)(c1ccccc1)c1ccccc1. The maximum Gasteiger partial charge on any atom is 0.0889 e. The van der Waals surface area contributed by atoms with E-state index in [2.05, 4.69) is 121 Å². The Morgan fingerprint density at radius 3 is 0.929 bits per heavy atom. The average Bonchev–Trinajstić information content (AvgIpc) is 3.06. The molecule has 4 heteroatoms. The number of aromatic nitrogens is 2. The Morgan fingerprint density at radius 1 is 0.357 bits per heavy atom. The highest BCUT2D eigenvalue weighted by Crippen LogP contribution is 2.40. The van der Waals surface area contributed by atoms with Crippen LogP contribution in [0.1, 0.15) is 33.6 Å². The second-order valence-electron chi connectivity index (χ2n) is 10.6. The monoisotopic (exact) mass is 580 g/mol. The van der Waals surface area contributed by atoms with Crippen LogP contribution in [0, 0.1) is 0 Å². The van der Waals surface area contributed by atoms with E-state index in [4.69, 9.17) is 35.2 Å². The molecule has 0 fully saturated rings. The summed E-state index contributed by atoms with van der Waals surface area (Å²) in [5, 5.41) is 0. The lowest BCUT2D eigenvalue weighted by Crippen LogP contribution is -2.24. The van der Waals surface area contributed by atoms with Crippen molar-refractivity contribution in [1.82, 2.24) is 9.97 Å². The Labute approximate surface area is 259 Å². The van der Waals surface area contributed by atoms with E-state index >= 15 is 0 Å². The van der Waals surface area contributed by atoms with E-state index in [1.807, 2.05) is 36.4 Å². The molecule has 0 bridgehead atoms. The van der Waals surface area contributed by atoms with Gasteiger partial charge in [0.05, 0.1) is 20.9 Å². The molecule has 42 heavy (non-hydrogen) atoms. The smallest absolute Gasteiger partial charge is 0.0889 e. The zero-order valence-corrected chi connectivity index (χ0v) is 25.0. The zero-order valence-electron chi connectivity index (χ0n) is 23.2. The normalized spacial score (nSPS) is 11.8. The fourth-order valence-corrected chi connectivity index (χ4v) is 6.48. The molecule has 0 saturated heterocycles. The van der Waals surface area contributed by atoms with Gasteiger partial charge in [-0.15, -0.1) is 0 Å². The van der Waals surface area contributed by atoms with Crippen molar-refractivity contribution in [2.45, 2.75) is 22.3 Å². The van der Waals surface area contributed by atoms with Crippen LogP contribution in [0.3, 0.4) is 0 Å². The highest BCUT2D eigenvalue weighted by Gasteiger charge is 2.32. The fraction of sp³-hybridized carbons (Fsp3) is 0.105. The third kappa shape index (κ3) is 5.92. The Morgan fingerprint density at radius 2 is 0.643 bits per heavy atom. The van der Waals surface area contributed by atoms with Crippen LogP contribution in [0.2, 0.25) is 0 Å². The molecular formula is C38H32N2S2. The van der Waals surface area contributed by atoms with Crippen LogP contribution in [0.5, 0.6) is 0 Å². The van der Waals surface area contributed by atoms with Gasteiger partial charge in [-0.3, -0.25) is 9.97 Å². The van der Waals surface area contributed by atoms with Gasteiger partial charge >= 0.3 is 0 Å². The summed E-state index contributed by atoms with van der Waals surface area (Å²) in [6.07, 6.45) is 1.28. The lowest BCUT2D eigenvalue weighted by atomic mass is 9.86. The van der Waals surface area contributed by atoms with Crippen LogP contribution in [-0.2, 0) is 22.3 Å². The molecule has 0 aliphatic carbocycles. The number of thiol groups is 2. The summed E-state index contributed by atoms with van der Waals surface area (Å²) in [7, 11) is 0. The van der Waals surface area contributed by atoms with Gasteiger partial charge in [0.15, 0.2) is 0 Å². The van der Waals surface area contributed by atoms with E-state index in [1.165, 1.54) is 0 Å². The Bertz CT molecular complexity index is 1530. The highest BCUT2D eigenvalue weighted by molar-refractivity contribution is 7.81. The summed E-state index contributed by atoms with van der Waals surface area (Å²) >= 11 is 10.6. The van der Waals surface area contributed by atoms with Crippen LogP contribution in [0.25, 0.3) is 11.4 Å². The summed E-state index contributed by atoms with van der Waals surface area (Å²) in [4.78, 5) is 10.2. The second-order valence-corrected chi connectivity index (χ2v) is 12.1. The van der Waals surface area contributed by atoms with Crippen molar-refractivity contribution in [1.29, 1.82) is 0 Å². The first-order chi connectivity index (χ1) is 20.5. The van der Waals surface area contributed by atoms with Crippen molar-refractivity contribution in [2.24, 2.45) is 0 Å². The molecular weight excluding hydrogens is 549 g/mol. The van der Waals surface area contributed by atoms with Crippen LogP contribution in [-0.4, -0.2) is 9.97 Å². The first-order valence-electron chi connectivity index (χ1n) is 14.1. The lowest BCUT2D eigenvalue weighted by molar-refractivity contribution is 0.722. The summed E-state index contributed by atoms with van der Waals surface area (Å²) in [5.74, 6) is 0. The van der Waals surface area contributed by atoms with E-state index in [9.17, 15) is 0 Å². The molecule has 0 N–H and O–H groups in total. The molecule has 0 atom stereocenters. The largest absolute Gasteiger partial charge is 0.251 e. The summed E-state index contributed by atoms with van der Waals surface area (Å²) in [5.41, 5.74) is 8.15. The number of hydrogen-bond acceptors (Lipinski definition) is 4. The highest BCUT2D eigenvalue weighted by atomic mass is 32.1. The summed E-state index contributed by atoms with van der Waals surface area (Å²) in [6.45, 7) is 0. The van der Waals surface area contributed by atoms with Gasteiger partial charge in [0, 0.05) is 24.2 Å². The number of nitrogens with zero attached hydrogens (tertiary/aromatic N) is 2. The van der Waals surface area contributed by atoms with E-state index in [1.54, 1.807) is 0 Å². The maximum atomic E-state index is 5.30. The molecule has 206 valence electrons. The molecule has 4 aromatic carbocycles. The van der Waals surface area contributed by atoms with E-state index in [0.717, 1.165) is 45.0 Å². The standard InChI is InChI=1S/C38H32N2S2/c41-37(29-15-5-1-6-16-29,30-17-7-2-8-18-30)27-33-23-13-25-35(39-33)36-26-14-24-34(40-36)28-38(42,31-19-9-3-10-20-31)32-21-11-4-12-22-32/h1-26,41-42H,27-28H2. The molecule has 2 aromatic heterocycles. The lowest BCUT2D eigenvalue weighted by Gasteiger charge is -2.30. The zero-order chi connectivity index (χ0) is 28.8. The van der Waals surface area contributed by atoms with Crippen molar-refractivity contribution in [3.8, 4) is 11.4 Å². The van der Waals surface area contributed by atoms with Gasteiger partial charge in [-0.1, -0.05) is 133 Å². The minimum Gasteiger partial charge on any atom is -0.251 e. The van der Waals surface area contributed by atoms with Crippen molar-refractivity contribution in [3.05, 3.63) is 191 Å². The number of pyridine rings is 2. The van der Waals surface area contributed by atoms with Crippen molar-refractivity contribution < 1.29 is 0 Å². The molecule has 0 radical (unpaired) electrons. The predicted octanol–water partition coefficient (Wildman–Crippen LogP) is 8.98.